The first-order chi connectivity index (χ1) is 7.74. The number of aromatic nitrogens is 1. The van der Waals surface area contributed by atoms with E-state index in [4.69, 9.17) is 0 Å². The van der Waals surface area contributed by atoms with Gasteiger partial charge in [-0.2, -0.15) is 0 Å². The lowest BCUT2D eigenvalue weighted by Crippen LogP contribution is -2.26. The summed E-state index contributed by atoms with van der Waals surface area (Å²) in [6.45, 7) is 5.32. The molecule has 0 spiro atoms. The highest BCUT2D eigenvalue weighted by molar-refractivity contribution is 7.11. The summed E-state index contributed by atoms with van der Waals surface area (Å²) in [6, 6.07) is 4.93. The molecule has 0 saturated carbocycles. The molecule has 2 nitrogen and oxygen atoms in total. The molecular weight excluding hydrogens is 236 g/mol. The molecule has 4 heteroatoms. The van der Waals surface area contributed by atoms with Crippen molar-refractivity contribution in [2.45, 2.75) is 32.9 Å². The highest BCUT2D eigenvalue weighted by Gasteiger charge is 2.05. The lowest BCUT2D eigenvalue weighted by atomic mass is 10.2. The predicted octanol–water partition coefficient (Wildman–Crippen LogP) is 3.23. The Morgan fingerprint density at radius 3 is 2.88 bits per heavy atom. The fraction of sp³-hybridized carbons (Fsp3) is 0.417. The van der Waals surface area contributed by atoms with E-state index in [0.29, 0.717) is 6.04 Å². The van der Waals surface area contributed by atoms with E-state index in [1.54, 1.807) is 11.3 Å². The van der Waals surface area contributed by atoms with Crippen molar-refractivity contribution in [1.29, 1.82) is 0 Å². The van der Waals surface area contributed by atoms with Gasteiger partial charge in [-0.15, -0.1) is 22.7 Å². The number of rotatable bonds is 5. The van der Waals surface area contributed by atoms with Gasteiger partial charge in [-0.25, -0.2) is 0 Å². The topological polar surface area (TPSA) is 24.9 Å². The second-order valence-electron chi connectivity index (χ2n) is 3.97. The second-order valence-corrected chi connectivity index (χ2v) is 6.31. The number of nitrogens with zero attached hydrogens (tertiary/aromatic N) is 1. The summed E-state index contributed by atoms with van der Waals surface area (Å²) >= 11 is 3.59. The van der Waals surface area contributed by atoms with Gasteiger partial charge < -0.3 is 5.32 Å². The molecular formula is C12H16N2S2. The van der Waals surface area contributed by atoms with Crippen LogP contribution in [0.25, 0.3) is 0 Å². The number of aryl methyl sites for hydroxylation is 1. The van der Waals surface area contributed by atoms with Crippen molar-refractivity contribution >= 4 is 22.7 Å². The van der Waals surface area contributed by atoms with E-state index in [2.05, 4.69) is 36.3 Å². The van der Waals surface area contributed by atoms with Crippen molar-refractivity contribution in [1.82, 2.24) is 10.3 Å². The van der Waals surface area contributed by atoms with Crippen molar-refractivity contribution in [2.75, 3.05) is 0 Å². The highest BCUT2D eigenvalue weighted by atomic mass is 32.1. The van der Waals surface area contributed by atoms with E-state index in [0.717, 1.165) is 13.0 Å². The Morgan fingerprint density at radius 1 is 1.38 bits per heavy atom. The van der Waals surface area contributed by atoms with Crippen LogP contribution in [-0.2, 0) is 13.0 Å². The zero-order chi connectivity index (χ0) is 11.4. The van der Waals surface area contributed by atoms with Gasteiger partial charge in [0.2, 0.25) is 0 Å². The molecule has 0 bridgehead atoms. The summed E-state index contributed by atoms with van der Waals surface area (Å²) in [6.07, 6.45) is 3.04. The van der Waals surface area contributed by atoms with Crippen LogP contribution in [0.4, 0.5) is 0 Å². The van der Waals surface area contributed by atoms with E-state index < -0.39 is 0 Å². The fourth-order valence-corrected chi connectivity index (χ4v) is 3.14. The monoisotopic (exact) mass is 252 g/mol. The summed E-state index contributed by atoms with van der Waals surface area (Å²) in [4.78, 5) is 8.22. The first-order valence-electron chi connectivity index (χ1n) is 5.40. The fourth-order valence-electron chi connectivity index (χ4n) is 1.57. The van der Waals surface area contributed by atoms with Crippen LogP contribution >= 0.6 is 22.7 Å². The van der Waals surface area contributed by atoms with Crippen molar-refractivity contribution in [3.8, 4) is 0 Å². The van der Waals surface area contributed by atoms with Gasteiger partial charge in [-0.05, 0) is 32.4 Å². The minimum absolute atomic E-state index is 0.514. The van der Waals surface area contributed by atoms with E-state index >= 15 is 0 Å². The summed E-state index contributed by atoms with van der Waals surface area (Å²) in [5.41, 5.74) is 1.88. The van der Waals surface area contributed by atoms with Crippen molar-refractivity contribution in [3.05, 3.63) is 38.5 Å². The average Bonchev–Trinajstić information content (AvgIpc) is 2.87. The number of hydrogen-bond donors (Lipinski definition) is 1. The molecule has 0 fully saturated rings. The molecule has 1 N–H and O–H groups in total. The largest absolute Gasteiger partial charge is 0.309 e. The smallest absolute Gasteiger partial charge is 0.0794 e. The van der Waals surface area contributed by atoms with Crippen LogP contribution in [0, 0.1) is 6.92 Å². The number of thiophene rings is 1. The molecule has 2 aromatic rings. The van der Waals surface area contributed by atoms with Gasteiger partial charge in [0.05, 0.1) is 5.51 Å². The summed E-state index contributed by atoms with van der Waals surface area (Å²) in [5, 5.41) is 3.52. The molecule has 0 saturated heterocycles. The van der Waals surface area contributed by atoms with Crippen LogP contribution in [0.2, 0.25) is 0 Å². The minimum Gasteiger partial charge on any atom is -0.309 e. The molecule has 0 radical (unpaired) electrons. The molecule has 16 heavy (non-hydrogen) atoms. The summed E-state index contributed by atoms with van der Waals surface area (Å²) in [7, 11) is 0. The molecule has 2 aromatic heterocycles. The molecule has 0 aliphatic rings. The van der Waals surface area contributed by atoms with Gasteiger partial charge in [0.15, 0.2) is 0 Å². The van der Waals surface area contributed by atoms with Crippen LogP contribution in [-0.4, -0.2) is 11.0 Å². The minimum atomic E-state index is 0.514. The van der Waals surface area contributed by atoms with E-state index in [1.807, 2.05) is 23.0 Å². The predicted molar refractivity (Wildman–Crippen MR) is 71.2 cm³/mol. The zero-order valence-electron chi connectivity index (χ0n) is 9.56. The van der Waals surface area contributed by atoms with Gasteiger partial charge >= 0.3 is 0 Å². The lowest BCUT2D eigenvalue weighted by Gasteiger charge is -2.11. The van der Waals surface area contributed by atoms with Crippen molar-refractivity contribution in [3.63, 3.8) is 0 Å². The number of nitrogens with one attached hydrogen (secondary N) is 1. The third-order valence-electron chi connectivity index (χ3n) is 2.41. The van der Waals surface area contributed by atoms with Gasteiger partial charge in [-0.3, -0.25) is 4.98 Å². The maximum atomic E-state index is 4.07. The molecule has 0 aromatic carbocycles. The third-order valence-corrected chi connectivity index (χ3v) is 4.21. The van der Waals surface area contributed by atoms with E-state index in [-0.39, 0.29) is 0 Å². The molecule has 1 atom stereocenters. The quantitative estimate of drug-likeness (QED) is 0.883. The first kappa shape index (κ1) is 11.8. The number of hydrogen-bond acceptors (Lipinski definition) is 4. The normalized spacial score (nSPS) is 12.9. The van der Waals surface area contributed by atoms with Crippen LogP contribution in [0.5, 0.6) is 0 Å². The third kappa shape index (κ3) is 3.40. The lowest BCUT2D eigenvalue weighted by molar-refractivity contribution is 0.552. The first-order valence-corrected chi connectivity index (χ1v) is 7.09. The van der Waals surface area contributed by atoms with Gasteiger partial charge in [0.1, 0.15) is 0 Å². The van der Waals surface area contributed by atoms with Crippen LogP contribution in [0.15, 0.2) is 23.8 Å². The van der Waals surface area contributed by atoms with Crippen molar-refractivity contribution < 1.29 is 0 Å². The standard InChI is InChI=1S/C12H16N2S2/c1-9(5-11-4-3-10(2)16-11)14-7-12-6-13-8-15-12/h3-4,6,8-9,14H,5,7H2,1-2H3. The zero-order valence-corrected chi connectivity index (χ0v) is 11.2. The Balaban J connectivity index is 1.78. The SMILES string of the molecule is Cc1ccc(CC(C)NCc2cncs2)s1. The van der Waals surface area contributed by atoms with Crippen LogP contribution in [0.3, 0.4) is 0 Å². The molecule has 0 aliphatic carbocycles. The Bertz CT molecular complexity index is 420. The molecule has 1 unspecified atom stereocenters. The highest BCUT2D eigenvalue weighted by Crippen LogP contribution is 2.16. The Hall–Kier alpha value is -0.710. The van der Waals surface area contributed by atoms with E-state index in [9.17, 15) is 0 Å². The maximum Gasteiger partial charge on any atom is 0.0794 e. The second kappa shape index (κ2) is 5.57. The van der Waals surface area contributed by atoms with Gasteiger partial charge in [0.25, 0.3) is 0 Å². The Labute approximate surface area is 104 Å². The van der Waals surface area contributed by atoms with Crippen LogP contribution in [0.1, 0.15) is 21.6 Å². The summed E-state index contributed by atoms with van der Waals surface area (Å²) < 4.78 is 0. The Morgan fingerprint density at radius 2 is 2.25 bits per heavy atom. The van der Waals surface area contributed by atoms with E-state index in [1.165, 1.54) is 14.6 Å². The average molecular weight is 252 g/mol. The molecule has 2 rings (SSSR count). The number of thiazole rings is 1. The molecule has 0 aliphatic heterocycles. The summed E-state index contributed by atoms with van der Waals surface area (Å²) in [5.74, 6) is 0. The maximum absolute atomic E-state index is 4.07. The van der Waals surface area contributed by atoms with Gasteiger partial charge in [-0.1, -0.05) is 0 Å². The Kier molecular flexibility index (Phi) is 4.09. The molecule has 0 amide bonds. The van der Waals surface area contributed by atoms with Gasteiger partial charge in [0, 0.05) is 33.4 Å². The molecule has 86 valence electrons. The van der Waals surface area contributed by atoms with Crippen LogP contribution < -0.4 is 5.32 Å². The molecule has 2 heterocycles. The van der Waals surface area contributed by atoms with Crippen molar-refractivity contribution in [2.24, 2.45) is 0 Å².